The number of benzene rings is 1. The zero-order valence-electron chi connectivity index (χ0n) is 10.1. The maximum atomic E-state index is 2.28. The van der Waals surface area contributed by atoms with Crippen LogP contribution in [0, 0.1) is 13.8 Å². The summed E-state index contributed by atoms with van der Waals surface area (Å²) in [5.74, 6) is 1.12. The molecule has 0 saturated carbocycles. The number of rotatable bonds is 4. The molecule has 0 aliphatic heterocycles. The van der Waals surface area contributed by atoms with Gasteiger partial charge in [0.15, 0.2) is 0 Å². The quantitative estimate of drug-likeness (QED) is 0.521. The van der Waals surface area contributed by atoms with Crippen molar-refractivity contribution in [2.45, 2.75) is 39.0 Å². The number of aryl methyl sites for hydroxylation is 2. The van der Waals surface area contributed by atoms with Gasteiger partial charge in [0.25, 0.3) is 0 Å². The molecule has 82 valence electrons. The summed E-state index contributed by atoms with van der Waals surface area (Å²) in [4.78, 5) is 1.42. The Labute approximate surface area is 97.8 Å². The van der Waals surface area contributed by atoms with Crippen LogP contribution in [0.1, 0.15) is 31.4 Å². The van der Waals surface area contributed by atoms with Crippen LogP contribution in [0.5, 0.6) is 0 Å². The van der Waals surface area contributed by atoms with Gasteiger partial charge in [-0.2, -0.15) is 0 Å². The van der Waals surface area contributed by atoms with E-state index < -0.39 is 0 Å². The first kappa shape index (κ1) is 12.4. The van der Waals surface area contributed by atoms with E-state index in [9.17, 15) is 0 Å². The molecule has 0 radical (unpaired) electrons. The van der Waals surface area contributed by atoms with E-state index in [0.717, 1.165) is 12.2 Å². The van der Waals surface area contributed by atoms with Crippen molar-refractivity contribution in [3.63, 3.8) is 0 Å². The number of thioether (sulfide) groups is 1. The van der Waals surface area contributed by atoms with Crippen LogP contribution >= 0.6 is 11.8 Å². The second-order valence-electron chi connectivity index (χ2n) is 3.86. The van der Waals surface area contributed by atoms with Crippen LogP contribution in [0.4, 0.5) is 0 Å². The van der Waals surface area contributed by atoms with Crippen LogP contribution in [0.15, 0.2) is 34.7 Å². The van der Waals surface area contributed by atoms with Gasteiger partial charge < -0.3 is 0 Å². The first-order chi connectivity index (χ1) is 7.17. The topological polar surface area (TPSA) is 0 Å². The first-order valence-electron chi connectivity index (χ1n) is 5.51. The third kappa shape index (κ3) is 3.75. The minimum atomic E-state index is 1.12. The predicted octanol–water partition coefficient (Wildman–Crippen LogP) is 4.75. The SMILES string of the molecule is CC=C(CC)CSc1cc(C)ccc1C. The molecule has 0 amide bonds. The monoisotopic (exact) mass is 220 g/mol. The van der Waals surface area contributed by atoms with Gasteiger partial charge in [-0.15, -0.1) is 11.8 Å². The molecule has 1 aromatic carbocycles. The molecule has 1 rings (SSSR count). The van der Waals surface area contributed by atoms with E-state index in [-0.39, 0.29) is 0 Å². The van der Waals surface area contributed by atoms with Gasteiger partial charge in [-0.25, -0.2) is 0 Å². The molecule has 0 aromatic heterocycles. The Morgan fingerprint density at radius 1 is 1.33 bits per heavy atom. The van der Waals surface area contributed by atoms with Crippen LogP contribution in [0.2, 0.25) is 0 Å². The van der Waals surface area contributed by atoms with Gasteiger partial charge >= 0.3 is 0 Å². The molecule has 0 nitrogen and oxygen atoms in total. The molecule has 0 fully saturated rings. The number of hydrogen-bond donors (Lipinski definition) is 0. The maximum absolute atomic E-state index is 2.28. The molecule has 1 heteroatoms. The molecular formula is C14H20S. The summed E-state index contributed by atoms with van der Waals surface area (Å²) in [6.45, 7) is 8.68. The Bertz CT molecular complexity index is 350. The largest absolute Gasteiger partial charge is 0.121 e. The average molecular weight is 220 g/mol. The van der Waals surface area contributed by atoms with Crippen molar-refractivity contribution in [3.05, 3.63) is 41.0 Å². The number of hydrogen-bond acceptors (Lipinski definition) is 1. The van der Waals surface area contributed by atoms with Crippen LogP contribution in [0.3, 0.4) is 0 Å². The maximum Gasteiger partial charge on any atom is 0.0190 e. The molecular weight excluding hydrogens is 200 g/mol. The van der Waals surface area contributed by atoms with E-state index in [1.165, 1.54) is 21.6 Å². The third-order valence-electron chi connectivity index (χ3n) is 2.62. The van der Waals surface area contributed by atoms with E-state index in [1.807, 2.05) is 11.8 Å². The van der Waals surface area contributed by atoms with Crippen molar-refractivity contribution in [1.82, 2.24) is 0 Å². The Morgan fingerprint density at radius 2 is 2.07 bits per heavy atom. The van der Waals surface area contributed by atoms with E-state index in [0.29, 0.717) is 0 Å². The van der Waals surface area contributed by atoms with Crippen molar-refractivity contribution in [2.75, 3.05) is 5.75 Å². The van der Waals surface area contributed by atoms with Crippen LogP contribution in [-0.4, -0.2) is 5.75 Å². The molecule has 15 heavy (non-hydrogen) atoms. The van der Waals surface area contributed by atoms with Gasteiger partial charge in [0.1, 0.15) is 0 Å². The number of allylic oxidation sites excluding steroid dienone is 1. The molecule has 0 N–H and O–H groups in total. The smallest absolute Gasteiger partial charge is 0.0190 e. The van der Waals surface area contributed by atoms with E-state index in [4.69, 9.17) is 0 Å². The lowest BCUT2D eigenvalue weighted by molar-refractivity contribution is 1.10. The molecule has 1 aromatic rings. The molecule has 0 unspecified atom stereocenters. The fraction of sp³-hybridized carbons (Fsp3) is 0.429. The summed E-state index contributed by atoms with van der Waals surface area (Å²) in [5, 5.41) is 0. The molecule has 0 atom stereocenters. The highest BCUT2D eigenvalue weighted by Gasteiger charge is 2.00. The Balaban J connectivity index is 2.68. The second-order valence-corrected chi connectivity index (χ2v) is 4.88. The summed E-state index contributed by atoms with van der Waals surface area (Å²) in [7, 11) is 0. The van der Waals surface area contributed by atoms with E-state index >= 15 is 0 Å². The Hall–Kier alpha value is -0.690. The predicted molar refractivity (Wildman–Crippen MR) is 70.7 cm³/mol. The highest BCUT2D eigenvalue weighted by molar-refractivity contribution is 7.99. The first-order valence-corrected chi connectivity index (χ1v) is 6.50. The van der Waals surface area contributed by atoms with Gasteiger partial charge in [0, 0.05) is 10.6 Å². The van der Waals surface area contributed by atoms with E-state index in [1.54, 1.807) is 0 Å². The minimum absolute atomic E-state index is 1.12. The average Bonchev–Trinajstić information content (AvgIpc) is 2.24. The summed E-state index contributed by atoms with van der Waals surface area (Å²) >= 11 is 1.95. The molecule has 0 bridgehead atoms. The van der Waals surface area contributed by atoms with Gasteiger partial charge in [0.2, 0.25) is 0 Å². The van der Waals surface area contributed by atoms with Crippen molar-refractivity contribution in [3.8, 4) is 0 Å². The van der Waals surface area contributed by atoms with Crippen molar-refractivity contribution >= 4 is 11.8 Å². The van der Waals surface area contributed by atoms with Crippen molar-refractivity contribution in [2.24, 2.45) is 0 Å². The Kier molecular flexibility index (Phi) is 4.97. The highest BCUT2D eigenvalue weighted by atomic mass is 32.2. The molecule has 0 aliphatic rings. The summed E-state index contributed by atoms with van der Waals surface area (Å²) in [6.07, 6.45) is 3.40. The van der Waals surface area contributed by atoms with Gasteiger partial charge in [-0.3, -0.25) is 0 Å². The lowest BCUT2D eigenvalue weighted by Gasteiger charge is -2.08. The lowest BCUT2D eigenvalue weighted by atomic mass is 10.2. The molecule has 0 saturated heterocycles. The van der Waals surface area contributed by atoms with Crippen molar-refractivity contribution < 1.29 is 0 Å². The normalized spacial score (nSPS) is 11.9. The van der Waals surface area contributed by atoms with Crippen LogP contribution < -0.4 is 0 Å². The zero-order chi connectivity index (χ0) is 11.3. The fourth-order valence-electron chi connectivity index (χ4n) is 1.42. The third-order valence-corrected chi connectivity index (χ3v) is 3.89. The standard InChI is InChI=1S/C14H20S/c1-5-13(6-2)10-15-14-9-11(3)7-8-12(14)4/h5,7-9H,6,10H2,1-4H3. The lowest BCUT2D eigenvalue weighted by Crippen LogP contribution is -1.87. The molecule has 0 spiro atoms. The van der Waals surface area contributed by atoms with Gasteiger partial charge in [-0.05, 0) is 38.8 Å². The fourth-order valence-corrected chi connectivity index (χ4v) is 2.70. The van der Waals surface area contributed by atoms with Gasteiger partial charge in [0.05, 0.1) is 0 Å². The molecule has 0 aliphatic carbocycles. The summed E-state index contributed by atoms with van der Waals surface area (Å²) < 4.78 is 0. The van der Waals surface area contributed by atoms with Crippen molar-refractivity contribution in [1.29, 1.82) is 0 Å². The second kappa shape index (κ2) is 6.02. The van der Waals surface area contributed by atoms with E-state index in [2.05, 4.69) is 52.0 Å². The minimum Gasteiger partial charge on any atom is -0.121 e. The highest BCUT2D eigenvalue weighted by Crippen LogP contribution is 2.25. The van der Waals surface area contributed by atoms with Crippen LogP contribution in [-0.2, 0) is 0 Å². The summed E-state index contributed by atoms with van der Waals surface area (Å²) in [5.41, 5.74) is 4.26. The summed E-state index contributed by atoms with van der Waals surface area (Å²) in [6, 6.07) is 6.66. The van der Waals surface area contributed by atoms with Gasteiger partial charge in [-0.1, -0.05) is 36.3 Å². The Morgan fingerprint density at radius 3 is 2.67 bits per heavy atom. The molecule has 0 heterocycles. The van der Waals surface area contributed by atoms with Crippen LogP contribution in [0.25, 0.3) is 0 Å². The zero-order valence-corrected chi connectivity index (χ0v) is 10.9.